The van der Waals surface area contributed by atoms with E-state index in [9.17, 15) is 18.4 Å². The number of alkyl halides is 2. The molecule has 2 aliphatic rings. The van der Waals surface area contributed by atoms with Gasteiger partial charge >= 0.3 is 0 Å². The molecule has 1 aliphatic carbocycles. The molecule has 1 saturated carbocycles. The lowest BCUT2D eigenvalue weighted by molar-refractivity contribution is -0.135. The quantitative estimate of drug-likeness (QED) is 0.514. The van der Waals surface area contributed by atoms with E-state index < -0.39 is 28.9 Å². The van der Waals surface area contributed by atoms with Crippen LogP contribution in [0.1, 0.15) is 56.7 Å². The summed E-state index contributed by atoms with van der Waals surface area (Å²) in [5.41, 5.74) is -2.12. The Morgan fingerprint density at radius 3 is 2.63 bits per heavy atom. The number of carbonyl (C=O) groups excluding carboxylic acids is 1. The standard InChI is InChI=1S/C27H30F3N5O3/c1-14(36)35-12-15-9-16(35)11-27(15,38-5)20-10-18-23(31-13-32-24(18)34(4)25(20)37)33-26(2,3)19-8-6-7-17(21(19)28)22(29)30/h6-8,10,13,15-16,22H,9,11-12H2,1-5H3,(H,31,32,33)/t15-,16-,27?/m0/s1. The predicted octanol–water partition coefficient (Wildman–Crippen LogP) is 4.23. The number of halogens is 3. The highest BCUT2D eigenvalue weighted by atomic mass is 19.3. The molecule has 1 amide bonds. The number of methoxy groups -OCH3 is 1. The number of benzene rings is 1. The van der Waals surface area contributed by atoms with Crippen molar-refractivity contribution in [1.29, 1.82) is 0 Å². The molecule has 3 atom stereocenters. The van der Waals surface area contributed by atoms with Crippen molar-refractivity contribution < 1.29 is 22.7 Å². The summed E-state index contributed by atoms with van der Waals surface area (Å²) in [5, 5.41) is 3.70. The summed E-state index contributed by atoms with van der Waals surface area (Å²) in [6.45, 7) is 5.38. The highest BCUT2D eigenvalue weighted by Crippen LogP contribution is 2.52. The number of ether oxygens (including phenoxy) is 1. The molecule has 2 bridgehead atoms. The molecule has 0 radical (unpaired) electrons. The van der Waals surface area contributed by atoms with E-state index in [-0.39, 0.29) is 29.0 Å². The Kier molecular flexibility index (Phi) is 6.24. The summed E-state index contributed by atoms with van der Waals surface area (Å²) in [4.78, 5) is 36.2. The number of carbonyl (C=O) groups is 1. The van der Waals surface area contributed by atoms with Crippen LogP contribution in [0.15, 0.2) is 35.4 Å². The summed E-state index contributed by atoms with van der Waals surface area (Å²) in [6, 6.07) is 5.60. The molecule has 1 saturated heterocycles. The second-order valence-electron chi connectivity index (χ2n) is 10.7. The van der Waals surface area contributed by atoms with Crippen LogP contribution in [-0.4, -0.2) is 45.0 Å². The third-order valence-corrected chi connectivity index (χ3v) is 8.21. The van der Waals surface area contributed by atoms with E-state index in [0.29, 0.717) is 35.4 Å². The van der Waals surface area contributed by atoms with Crippen LogP contribution in [0.4, 0.5) is 19.0 Å². The lowest BCUT2D eigenvalue weighted by atomic mass is 9.82. The maximum atomic E-state index is 15.0. The number of nitrogens with one attached hydrogen (secondary N) is 1. The molecule has 3 heterocycles. The van der Waals surface area contributed by atoms with Crippen molar-refractivity contribution in [3.63, 3.8) is 0 Å². The van der Waals surface area contributed by atoms with Crippen LogP contribution in [0.2, 0.25) is 0 Å². The number of hydrogen-bond acceptors (Lipinski definition) is 6. The van der Waals surface area contributed by atoms with Gasteiger partial charge in [0, 0.05) is 51.6 Å². The van der Waals surface area contributed by atoms with Gasteiger partial charge in [0.15, 0.2) is 0 Å². The van der Waals surface area contributed by atoms with E-state index in [1.165, 1.54) is 23.0 Å². The highest BCUT2D eigenvalue weighted by Gasteiger charge is 2.57. The fourth-order valence-electron chi connectivity index (χ4n) is 6.28. The topological polar surface area (TPSA) is 89.3 Å². The number of nitrogens with zero attached hydrogens (tertiary/aromatic N) is 4. The van der Waals surface area contributed by atoms with Gasteiger partial charge in [0.1, 0.15) is 29.2 Å². The number of likely N-dealkylation sites (tertiary alicyclic amines) is 1. The number of anilines is 1. The number of fused-ring (bicyclic) bond motifs is 3. The number of amides is 1. The molecular weight excluding hydrogens is 499 g/mol. The van der Waals surface area contributed by atoms with Crippen LogP contribution >= 0.6 is 0 Å². The minimum Gasteiger partial charge on any atom is -0.373 e. The van der Waals surface area contributed by atoms with Crippen molar-refractivity contribution in [2.24, 2.45) is 13.0 Å². The maximum absolute atomic E-state index is 15.0. The third kappa shape index (κ3) is 3.86. The van der Waals surface area contributed by atoms with Gasteiger partial charge in [-0.3, -0.25) is 14.2 Å². The lowest BCUT2D eigenvalue weighted by Gasteiger charge is -2.40. The molecule has 1 aliphatic heterocycles. The fraction of sp³-hybridized carbons (Fsp3) is 0.481. The van der Waals surface area contributed by atoms with Gasteiger partial charge in [0.05, 0.1) is 22.1 Å². The molecule has 0 spiro atoms. The first-order valence-electron chi connectivity index (χ1n) is 12.4. The Balaban J connectivity index is 1.61. The van der Waals surface area contributed by atoms with Crippen LogP contribution in [0.5, 0.6) is 0 Å². The molecule has 11 heteroatoms. The smallest absolute Gasteiger partial charge is 0.266 e. The number of aromatic nitrogens is 3. The van der Waals surface area contributed by atoms with Crippen molar-refractivity contribution in [2.75, 3.05) is 19.0 Å². The summed E-state index contributed by atoms with van der Waals surface area (Å²) in [7, 11) is 3.19. The Morgan fingerprint density at radius 2 is 2.03 bits per heavy atom. The van der Waals surface area contributed by atoms with Crippen molar-refractivity contribution in [3.05, 3.63) is 63.5 Å². The van der Waals surface area contributed by atoms with E-state index in [2.05, 4.69) is 15.3 Å². The van der Waals surface area contributed by atoms with Crippen LogP contribution in [0.3, 0.4) is 0 Å². The first kappa shape index (κ1) is 26.1. The number of rotatable bonds is 6. The van der Waals surface area contributed by atoms with Gasteiger partial charge in [-0.15, -0.1) is 0 Å². The van der Waals surface area contributed by atoms with Crippen molar-refractivity contribution >= 4 is 22.8 Å². The van der Waals surface area contributed by atoms with Gasteiger partial charge in [0.25, 0.3) is 12.0 Å². The third-order valence-electron chi connectivity index (χ3n) is 8.21. The van der Waals surface area contributed by atoms with Crippen LogP contribution < -0.4 is 10.9 Å². The van der Waals surface area contributed by atoms with Crippen molar-refractivity contribution in [1.82, 2.24) is 19.4 Å². The Bertz CT molecular complexity index is 1490. The molecular formula is C27H30F3N5O3. The van der Waals surface area contributed by atoms with Crippen molar-refractivity contribution in [3.8, 4) is 0 Å². The molecule has 1 N–H and O–H groups in total. The molecule has 3 aromatic rings. The first-order valence-corrected chi connectivity index (χ1v) is 12.4. The normalized spacial score (nSPS) is 23.0. The molecule has 2 aromatic heterocycles. The van der Waals surface area contributed by atoms with Gasteiger partial charge < -0.3 is 15.0 Å². The molecule has 202 valence electrons. The molecule has 8 nitrogen and oxygen atoms in total. The molecule has 5 rings (SSSR count). The van der Waals surface area contributed by atoms with Gasteiger partial charge in [-0.05, 0) is 26.3 Å². The van der Waals surface area contributed by atoms with Crippen LogP contribution in [0, 0.1) is 11.7 Å². The Morgan fingerprint density at radius 1 is 1.29 bits per heavy atom. The highest BCUT2D eigenvalue weighted by molar-refractivity contribution is 5.87. The first-order chi connectivity index (χ1) is 17.9. The zero-order valence-corrected chi connectivity index (χ0v) is 21.9. The molecule has 1 unspecified atom stereocenters. The summed E-state index contributed by atoms with van der Waals surface area (Å²) < 4.78 is 49.3. The van der Waals surface area contributed by atoms with E-state index >= 15 is 4.39 Å². The number of hydrogen-bond donors (Lipinski definition) is 1. The van der Waals surface area contributed by atoms with E-state index in [1.54, 1.807) is 41.0 Å². The Labute approximate surface area is 217 Å². The fourth-order valence-corrected chi connectivity index (χ4v) is 6.28. The largest absolute Gasteiger partial charge is 0.373 e. The zero-order chi connectivity index (χ0) is 27.6. The lowest BCUT2D eigenvalue weighted by Crippen LogP contribution is -2.49. The molecule has 1 aromatic carbocycles. The Hall–Kier alpha value is -3.47. The number of piperidine rings is 1. The summed E-state index contributed by atoms with van der Waals surface area (Å²) >= 11 is 0. The monoisotopic (exact) mass is 529 g/mol. The molecule has 2 fully saturated rings. The van der Waals surface area contributed by atoms with Crippen molar-refractivity contribution in [2.45, 2.75) is 57.2 Å². The second-order valence-corrected chi connectivity index (χ2v) is 10.7. The second kappa shape index (κ2) is 9.07. The van der Waals surface area contributed by atoms with Crippen LogP contribution in [0.25, 0.3) is 11.0 Å². The average Bonchev–Trinajstić information content (AvgIpc) is 3.45. The minimum atomic E-state index is -2.95. The van der Waals surface area contributed by atoms with Gasteiger partial charge in [-0.2, -0.15) is 0 Å². The summed E-state index contributed by atoms with van der Waals surface area (Å²) in [5.74, 6) is -0.727. The van der Waals surface area contributed by atoms with E-state index in [4.69, 9.17) is 4.74 Å². The van der Waals surface area contributed by atoms with Gasteiger partial charge in [0.2, 0.25) is 5.91 Å². The number of aryl methyl sites for hydroxylation is 1. The van der Waals surface area contributed by atoms with Gasteiger partial charge in [-0.25, -0.2) is 23.1 Å². The zero-order valence-electron chi connectivity index (χ0n) is 21.9. The minimum absolute atomic E-state index is 0.00104. The predicted molar refractivity (Wildman–Crippen MR) is 135 cm³/mol. The SMILES string of the molecule is COC1(c2cc3c(NC(C)(C)c4cccc(C(F)F)c4F)ncnc3n(C)c2=O)C[C@@H]2C[C@H]1CN2C(C)=O. The molecule has 38 heavy (non-hydrogen) atoms. The van der Waals surface area contributed by atoms with E-state index in [1.807, 2.05) is 4.90 Å². The van der Waals surface area contributed by atoms with Crippen LogP contribution in [-0.2, 0) is 27.7 Å². The van der Waals surface area contributed by atoms with Gasteiger partial charge in [-0.1, -0.05) is 18.2 Å². The summed E-state index contributed by atoms with van der Waals surface area (Å²) in [6.07, 6.45) is -0.436. The van der Waals surface area contributed by atoms with E-state index in [0.717, 1.165) is 12.5 Å². The maximum Gasteiger partial charge on any atom is 0.266 e. The average molecular weight is 530 g/mol. The number of pyridine rings is 1.